The highest BCUT2D eigenvalue weighted by Gasteiger charge is 2.21. The maximum Gasteiger partial charge on any atom is 0.205 e. The van der Waals surface area contributed by atoms with Crippen molar-refractivity contribution in [1.29, 1.82) is 0 Å². The van der Waals surface area contributed by atoms with Crippen LogP contribution in [-0.4, -0.2) is 71.1 Å². The molecule has 0 aromatic carbocycles. The van der Waals surface area contributed by atoms with Crippen LogP contribution >= 0.6 is 35.5 Å². The highest BCUT2D eigenvalue weighted by atomic mass is 127. The minimum absolute atomic E-state index is 0. The number of pyridine rings is 1. The average molecular weight is 517 g/mol. The molecular formula is C18H28IN7OS. The average Bonchev–Trinajstić information content (AvgIpc) is 3.21. The molecule has 8 nitrogen and oxygen atoms in total. The third kappa shape index (κ3) is 6.43. The van der Waals surface area contributed by atoms with E-state index in [1.807, 2.05) is 12.1 Å². The van der Waals surface area contributed by atoms with E-state index in [4.69, 9.17) is 9.73 Å². The number of halogens is 1. The number of hydrogen-bond acceptors (Lipinski definition) is 7. The van der Waals surface area contributed by atoms with Crippen LogP contribution in [0.15, 0.2) is 29.5 Å². The molecule has 10 heteroatoms. The summed E-state index contributed by atoms with van der Waals surface area (Å²) in [5, 5.41) is 4.41. The van der Waals surface area contributed by atoms with Crippen LogP contribution in [0.25, 0.3) is 0 Å². The van der Waals surface area contributed by atoms with Crippen molar-refractivity contribution in [2.24, 2.45) is 4.99 Å². The summed E-state index contributed by atoms with van der Waals surface area (Å²) in [4.78, 5) is 18.0. The summed E-state index contributed by atoms with van der Waals surface area (Å²) >= 11 is 1.49. The lowest BCUT2D eigenvalue weighted by Gasteiger charge is -2.36. The molecule has 0 atom stereocenters. The lowest BCUT2D eigenvalue weighted by molar-refractivity contribution is 0.324. The Labute approximate surface area is 187 Å². The van der Waals surface area contributed by atoms with E-state index in [0.29, 0.717) is 13.2 Å². The number of hydrogen-bond donors (Lipinski definition) is 1. The van der Waals surface area contributed by atoms with Gasteiger partial charge < -0.3 is 19.9 Å². The number of nitrogens with one attached hydrogen (secondary N) is 1. The smallest absolute Gasteiger partial charge is 0.205 e. The van der Waals surface area contributed by atoms with E-state index in [-0.39, 0.29) is 24.0 Å². The molecule has 0 unspecified atom stereocenters. The molecule has 1 aliphatic heterocycles. The van der Waals surface area contributed by atoms with Crippen LogP contribution in [0.4, 0.5) is 5.13 Å². The van der Waals surface area contributed by atoms with Crippen molar-refractivity contribution in [3.63, 3.8) is 0 Å². The predicted molar refractivity (Wildman–Crippen MR) is 124 cm³/mol. The third-order valence-corrected chi connectivity index (χ3v) is 5.03. The zero-order chi connectivity index (χ0) is 18.9. The van der Waals surface area contributed by atoms with Crippen molar-refractivity contribution >= 4 is 46.6 Å². The van der Waals surface area contributed by atoms with E-state index in [9.17, 15) is 0 Å². The number of aromatic nitrogens is 3. The van der Waals surface area contributed by atoms with Crippen molar-refractivity contribution in [2.45, 2.75) is 20.3 Å². The lowest BCUT2D eigenvalue weighted by Crippen LogP contribution is -2.52. The van der Waals surface area contributed by atoms with Crippen LogP contribution in [-0.2, 0) is 6.42 Å². The van der Waals surface area contributed by atoms with Gasteiger partial charge in [-0.3, -0.25) is 4.98 Å². The van der Waals surface area contributed by atoms with Crippen LogP contribution in [0, 0.1) is 0 Å². The zero-order valence-corrected chi connectivity index (χ0v) is 19.5. The second-order valence-corrected chi connectivity index (χ2v) is 6.82. The number of piperazine rings is 1. The Kier molecular flexibility index (Phi) is 9.68. The van der Waals surface area contributed by atoms with Crippen molar-refractivity contribution < 1.29 is 4.74 Å². The van der Waals surface area contributed by atoms with Gasteiger partial charge in [0.25, 0.3) is 0 Å². The van der Waals surface area contributed by atoms with Crippen LogP contribution in [0.5, 0.6) is 5.75 Å². The molecule has 154 valence electrons. The SMILES string of the molecule is CCNC(=NCCOc1cccnc1)N1CCN(c2nc(CC)ns2)CC1.I. The topological polar surface area (TPSA) is 78.8 Å². The van der Waals surface area contributed by atoms with Gasteiger partial charge in [-0.2, -0.15) is 4.37 Å². The Bertz CT molecular complexity index is 720. The molecule has 0 aliphatic carbocycles. The largest absolute Gasteiger partial charge is 0.490 e. The summed E-state index contributed by atoms with van der Waals surface area (Å²) in [5.74, 6) is 2.65. The molecule has 2 aromatic heterocycles. The van der Waals surface area contributed by atoms with Crippen LogP contribution in [0.2, 0.25) is 0 Å². The molecule has 0 bridgehead atoms. The first kappa shape index (κ1) is 22.6. The van der Waals surface area contributed by atoms with Gasteiger partial charge in [-0.05, 0) is 19.1 Å². The number of anilines is 1. The first-order chi connectivity index (χ1) is 13.3. The van der Waals surface area contributed by atoms with Crippen molar-refractivity contribution in [1.82, 2.24) is 24.6 Å². The fraction of sp³-hybridized carbons (Fsp3) is 0.556. The van der Waals surface area contributed by atoms with Crippen molar-refractivity contribution in [3.05, 3.63) is 30.4 Å². The van der Waals surface area contributed by atoms with Gasteiger partial charge >= 0.3 is 0 Å². The molecule has 1 N–H and O–H groups in total. The Morgan fingerprint density at radius 2 is 2.11 bits per heavy atom. The molecule has 1 aliphatic rings. The van der Waals surface area contributed by atoms with Gasteiger partial charge in [0.15, 0.2) is 5.96 Å². The van der Waals surface area contributed by atoms with E-state index in [1.54, 1.807) is 12.4 Å². The molecular weight excluding hydrogens is 489 g/mol. The summed E-state index contributed by atoms with van der Waals surface area (Å²) in [5.41, 5.74) is 0. The molecule has 3 rings (SSSR count). The molecule has 1 fully saturated rings. The summed E-state index contributed by atoms with van der Waals surface area (Å²) in [6, 6.07) is 3.77. The number of nitrogens with zero attached hydrogens (tertiary/aromatic N) is 6. The van der Waals surface area contributed by atoms with Gasteiger partial charge in [0.1, 0.15) is 18.2 Å². The fourth-order valence-corrected chi connectivity index (χ4v) is 3.60. The van der Waals surface area contributed by atoms with Crippen molar-refractivity contribution in [2.75, 3.05) is 50.8 Å². The quantitative estimate of drug-likeness (QED) is 0.261. The minimum Gasteiger partial charge on any atom is -0.490 e. The number of aryl methyl sites for hydroxylation is 1. The molecule has 1 saturated heterocycles. The van der Waals surface area contributed by atoms with Gasteiger partial charge in [-0.25, -0.2) is 9.98 Å². The van der Waals surface area contributed by atoms with Gasteiger partial charge in [-0.15, -0.1) is 24.0 Å². The van der Waals surface area contributed by atoms with Gasteiger partial charge in [0.05, 0.1) is 12.7 Å². The lowest BCUT2D eigenvalue weighted by atomic mass is 10.3. The monoisotopic (exact) mass is 517 g/mol. The maximum atomic E-state index is 5.67. The Morgan fingerprint density at radius 1 is 1.29 bits per heavy atom. The normalized spacial score (nSPS) is 14.6. The summed E-state index contributed by atoms with van der Waals surface area (Å²) in [6.45, 7) is 9.83. The van der Waals surface area contributed by atoms with E-state index < -0.39 is 0 Å². The van der Waals surface area contributed by atoms with E-state index in [0.717, 1.165) is 61.8 Å². The summed E-state index contributed by atoms with van der Waals surface area (Å²) in [6.07, 6.45) is 4.33. The minimum atomic E-state index is 0. The number of ether oxygens (including phenoxy) is 1. The second-order valence-electron chi connectivity index (χ2n) is 6.09. The van der Waals surface area contributed by atoms with E-state index in [2.05, 4.69) is 43.3 Å². The van der Waals surface area contributed by atoms with Crippen LogP contribution < -0.4 is 15.0 Å². The zero-order valence-electron chi connectivity index (χ0n) is 16.4. The molecule has 0 radical (unpaired) electrons. The molecule has 3 heterocycles. The Hall–Kier alpha value is -1.69. The number of guanidine groups is 1. The molecule has 28 heavy (non-hydrogen) atoms. The van der Waals surface area contributed by atoms with E-state index in [1.165, 1.54) is 11.5 Å². The molecule has 2 aromatic rings. The van der Waals surface area contributed by atoms with Crippen LogP contribution in [0.3, 0.4) is 0 Å². The Morgan fingerprint density at radius 3 is 2.75 bits per heavy atom. The number of rotatable bonds is 7. The maximum absolute atomic E-state index is 5.67. The van der Waals surface area contributed by atoms with E-state index >= 15 is 0 Å². The fourth-order valence-electron chi connectivity index (χ4n) is 2.80. The molecule has 0 amide bonds. The highest BCUT2D eigenvalue weighted by molar-refractivity contribution is 14.0. The molecule has 0 saturated carbocycles. The predicted octanol–water partition coefficient (Wildman–Crippen LogP) is 2.28. The van der Waals surface area contributed by atoms with Gasteiger partial charge in [0, 0.05) is 56.9 Å². The standard InChI is InChI=1S/C18H27N7OS.HI/c1-3-16-22-18(27-23-16)25-11-9-24(10-12-25)17(20-4-2)21-8-13-26-15-6-5-7-19-14-15;/h5-7,14H,3-4,8-13H2,1-2H3,(H,20,21);1H. The number of aliphatic imine (C=N–C) groups is 1. The van der Waals surface area contributed by atoms with Crippen LogP contribution in [0.1, 0.15) is 19.7 Å². The highest BCUT2D eigenvalue weighted by Crippen LogP contribution is 2.19. The second kappa shape index (κ2) is 12.0. The Balaban J connectivity index is 0.00000280. The summed E-state index contributed by atoms with van der Waals surface area (Å²) < 4.78 is 10.1. The van der Waals surface area contributed by atoms with Crippen molar-refractivity contribution in [3.8, 4) is 5.75 Å². The first-order valence-corrected chi connectivity index (χ1v) is 10.2. The summed E-state index contributed by atoms with van der Waals surface area (Å²) in [7, 11) is 0. The third-order valence-electron chi connectivity index (χ3n) is 4.21. The van der Waals surface area contributed by atoms with Gasteiger partial charge in [0.2, 0.25) is 5.13 Å². The van der Waals surface area contributed by atoms with Gasteiger partial charge in [-0.1, -0.05) is 6.92 Å². The first-order valence-electron chi connectivity index (χ1n) is 9.43. The molecule has 0 spiro atoms.